The Balaban J connectivity index is 1.41. The maximum absolute atomic E-state index is 12.5. The average Bonchev–Trinajstić information content (AvgIpc) is 3.13. The Morgan fingerprint density at radius 2 is 2.07 bits per heavy atom. The normalized spacial score (nSPS) is 23.6. The van der Waals surface area contributed by atoms with Crippen molar-refractivity contribution in [1.29, 1.82) is 0 Å². The molecule has 27 heavy (non-hydrogen) atoms. The van der Waals surface area contributed by atoms with Crippen LogP contribution in [0.2, 0.25) is 0 Å². The fourth-order valence-electron chi connectivity index (χ4n) is 3.83. The van der Waals surface area contributed by atoms with Crippen molar-refractivity contribution in [3.05, 3.63) is 75.3 Å². The Morgan fingerprint density at radius 3 is 2.93 bits per heavy atom. The minimum atomic E-state index is -0.467. The molecule has 0 bridgehead atoms. The number of amides is 1. The minimum Gasteiger partial charge on any atom is -0.271 e. The summed E-state index contributed by atoms with van der Waals surface area (Å²) in [7, 11) is 0. The van der Waals surface area contributed by atoms with Crippen molar-refractivity contribution in [3.8, 4) is 0 Å². The van der Waals surface area contributed by atoms with E-state index in [2.05, 4.69) is 33.5 Å². The fraction of sp³-hybridized carbons (Fsp3) is 0.263. The SMILES string of the molecule is O=C(N/N=C/c1cccc([N+](=O)[O-])c1)C1NNC2c3ccccc3CCC12. The van der Waals surface area contributed by atoms with Crippen LogP contribution in [-0.2, 0) is 11.2 Å². The molecule has 1 amide bonds. The van der Waals surface area contributed by atoms with Crippen LogP contribution in [0.4, 0.5) is 5.69 Å². The van der Waals surface area contributed by atoms with Gasteiger partial charge in [-0.1, -0.05) is 36.4 Å². The van der Waals surface area contributed by atoms with Gasteiger partial charge in [0.2, 0.25) is 0 Å². The van der Waals surface area contributed by atoms with Gasteiger partial charge in [0.25, 0.3) is 11.6 Å². The quantitative estimate of drug-likeness (QED) is 0.435. The van der Waals surface area contributed by atoms with Crippen LogP contribution in [0.25, 0.3) is 0 Å². The molecule has 3 atom stereocenters. The lowest BCUT2D eigenvalue weighted by atomic mass is 9.77. The van der Waals surface area contributed by atoms with Crippen LogP contribution >= 0.6 is 0 Å². The number of carbonyl (C=O) groups excluding carboxylic acids is 1. The lowest BCUT2D eigenvalue weighted by Crippen LogP contribution is -2.44. The van der Waals surface area contributed by atoms with Crippen molar-refractivity contribution in [3.63, 3.8) is 0 Å². The molecule has 0 radical (unpaired) electrons. The predicted octanol–water partition coefficient (Wildman–Crippen LogP) is 1.82. The van der Waals surface area contributed by atoms with Gasteiger partial charge in [-0.2, -0.15) is 5.10 Å². The lowest BCUT2D eigenvalue weighted by molar-refractivity contribution is -0.384. The molecule has 0 spiro atoms. The smallest absolute Gasteiger partial charge is 0.270 e. The number of nitrogens with zero attached hydrogens (tertiary/aromatic N) is 2. The second-order valence-electron chi connectivity index (χ2n) is 6.73. The molecule has 8 nitrogen and oxygen atoms in total. The summed E-state index contributed by atoms with van der Waals surface area (Å²) in [5.74, 6) is -0.0797. The van der Waals surface area contributed by atoms with Gasteiger partial charge >= 0.3 is 0 Å². The third-order valence-electron chi connectivity index (χ3n) is 5.14. The molecule has 8 heteroatoms. The van der Waals surface area contributed by atoms with E-state index in [-0.39, 0.29) is 29.6 Å². The molecule has 1 saturated heterocycles. The zero-order valence-electron chi connectivity index (χ0n) is 14.5. The van der Waals surface area contributed by atoms with Gasteiger partial charge in [-0.25, -0.2) is 16.3 Å². The molecule has 4 rings (SSSR count). The Bertz CT molecular complexity index is 914. The number of carbonyl (C=O) groups is 1. The number of rotatable bonds is 4. The van der Waals surface area contributed by atoms with Gasteiger partial charge in [0.05, 0.1) is 17.2 Å². The molecule has 2 aliphatic rings. The number of hydrazone groups is 1. The number of nitro groups is 1. The maximum atomic E-state index is 12.5. The first kappa shape index (κ1) is 17.3. The summed E-state index contributed by atoms with van der Waals surface area (Å²) in [5.41, 5.74) is 11.9. The molecule has 2 aromatic carbocycles. The van der Waals surface area contributed by atoms with Gasteiger partial charge < -0.3 is 0 Å². The number of nitro benzene ring substituents is 1. The van der Waals surface area contributed by atoms with E-state index in [0.717, 1.165) is 12.8 Å². The van der Waals surface area contributed by atoms with E-state index in [4.69, 9.17) is 0 Å². The number of nitrogens with one attached hydrogen (secondary N) is 3. The zero-order valence-corrected chi connectivity index (χ0v) is 14.5. The Morgan fingerprint density at radius 1 is 1.22 bits per heavy atom. The van der Waals surface area contributed by atoms with Crippen molar-refractivity contribution in [2.45, 2.75) is 24.9 Å². The molecule has 1 aliphatic heterocycles. The van der Waals surface area contributed by atoms with Gasteiger partial charge in [-0.3, -0.25) is 14.9 Å². The highest BCUT2D eigenvalue weighted by Crippen LogP contribution is 2.38. The molecule has 3 unspecified atom stereocenters. The zero-order chi connectivity index (χ0) is 18.8. The second kappa shape index (κ2) is 7.26. The first-order valence-electron chi connectivity index (χ1n) is 8.80. The third kappa shape index (κ3) is 3.44. The molecule has 1 fully saturated rings. The molecule has 0 saturated carbocycles. The summed E-state index contributed by atoms with van der Waals surface area (Å²) in [6.45, 7) is 0. The first-order valence-corrected chi connectivity index (χ1v) is 8.80. The van der Waals surface area contributed by atoms with Crippen molar-refractivity contribution < 1.29 is 9.72 Å². The van der Waals surface area contributed by atoms with Crippen LogP contribution in [0.1, 0.15) is 29.2 Å². The summed E-state index contributed by atoms with van der Waals surface area (Å²) >= 11 is 0. The number of non-ortho nitro benzene ring substituents is 1. The highest BCUT2D eigenvalue weighted by molar-refractivity contribution is 5.85. The van der Waals surface area contributed by atoms with Gasteiger partial charge in [0.15, 0.2) is 0 Å². The van der Waals surface area contributed by atoms with E-state index in [9.17, 15) is 14.9 Å². The molecular weight excluding hydrogens is 346 g/mol. The number of hydrazine groups is 1. The molecule has 2 aromatic rings. The Hall–Kier alpha value is -3.10. The van der Waals surface area contributed by atoms with Gasteiger partial charge in [0.1, 0.15) is 6.04 Å². The van der Waals surface area contributed by atoms with Crippen LogP contribution in [0.15, 0.2) is 53.6 Å². The summed E-state index contributed by atoms with van der Waals surface area (Å²) in [6.07, 6.45) is 3.26. The molecule has 1 aliphatic carbocycles. The van der Waals surface area contributed by atoms with Crippen molar-refractivity contribution in [2.24, 2.45) is 11.0 Å². The van der Waals surface area contributed by atoms with Crippen LogP contribution in [-0.4, -0.2) is 23.1 Å². The fourth-order valence-corrected chi connectivity index (χ4v) is 3.83. The molecule has 3 N–H and O–H groups in total. The van der Waals surface area contributed by atoms with E-state index in [1.807, 2.05) is 12.1 Å². The number of benzene rings is 2. The van der Waals surface area contributed by atoms with E-state index in [0.29, 0.717) is 5.56 Å². The summed E-state index contributed by atoms with van der Waals surface area (Å²) in [4.78, 5) is 22.9. The minimum absolute atomic E-state index is 0.0179. The summed E-state index contributed by atoms with van der Waals surface area (Å²) in [6, 6.07) is 14.1. The molecule has 1 heterocycles. The second-order valence-corrected chi connectivity index (χ2v) is 6.73. The number of hydrogen-bond acceptors (Lipinski definition) is 6. The largest absolute Gasteiger partial charge is 0.271 e. The van der Waals surface area contributed by atoms with Gasteiger partial charge in [0, 0.05) is 23.6 Å². The molecular formula is C19H19N5O3. The van der Waals surface area contributed by atoms with E-state index in [1.54, 1.807) is 12.1 Å². The van der Waals surface area contributed by atoms with Crippen LogP contribution < -0.4 is 16.3 Å². The summed E-state index contributed by atoms with van der Waals surface area (Å²) < 4.78 is 0. The van der Waals surface area contributed by atoms with Crippen LogP contribution in [0.5, 0.6) is 0 Å². The van der Waals surface area contributed by atoms with Crippen LogP contribution in [0, 0.1) is 16.0 Å². The third-order valence-corrected chi connectivity index (χ3v) is 5.14. The molecule has 138 valence electrons. The monoisotopic (exact) mass is 365 g/mol. The number of hydrogen-bond donors (Lipinski definition) is 3. The predicted molar refractivity (Wildman–Crippen MR) is 99.9 cm³/mol. The lowest BCUT2D eigenvalue weighted by Gasteiger charge is -2.29. The average molecular weight is 365 g/mol. The summed E-state index contributed by atoms with van der Waals surface area (Å²) in [5, 5.41) is 14.8. The first-order chi connectivity index (χ1) is 13.1. The van der Waals surface area contributed by atoms with E-state index < -0.39 is 4.92 Å². The van der Waals surface area contributed by atoms with Crippen molar-refractivity contribution in [2.75, 3.05) is 0 Å². The van der Waals surface area contributed by atoms with Crippen LogP contribution in [0.3, 0.4) is 0 Å². The van der Waals surface area contributed by atoms with E-state index in [1.165, 1.54) is 29.5 Å². The Kier molecular flexibility index (Phi) is 4.66. The highest BCUT2D eigenvalue weighted by atomic mass is 16.6. The van der Waals surface area contributed by atoms with Crippen molar-refractivity contribution >= 4 is 17.8 Å². The number of aryl methyl sites for hydroxylation is 1. The van der Waals surface area contributed by atoms with Crippen molar-refractivity contribution in [1.82, 2.24) is 16.3 Å². The standard InChI is InChI=1S/C19H19N5O3/c25-19(23-20-11-12-4-3-6-14(10-12)24(26)27)18-16-9-8-13-5-1-2-7-15(13)17(16)21-22-18/h1-7,10-11,16-18,21-22H,8-9H2,(H,23,25)/b20-11+. The topological polar surface area (TPSA) is 109 Å². The number of fused-ring (bicyclic) bond motifs is 3. The maximum Gasteiger partial charge on any atom is 0.270 e. The van der Waals surface area contributed by atoms with E-state index >= 15 is 0 Å². The van der Waals surface area contributed by atoms with Gasteiger partial charge in [-0.05, 0) is 24.0 Å². The molecule has 0 aromatic heterocycles. The van der Waals surface area contributed by atoms with Gasteiger partial charge in [-0.15, -0.1) is 0 Å². The highest BCUT2D eigenvalue weighted by Gasteiger charge is 2.43. The Labute approximate surface area is 155 Å².